The van der Waals surface area contributed by atoms with E-state index < -0.39 is 6.04 Å². The van der Waals surface area contributed by atoms with Crippen LogP contribution in [0.15, 0.2) is 48.5 Å². The number of nitrogens with zero attached hydrogens (tertiary/aromatic N) is 2. The Hall–Kier alpha value is -3.83. The minimum atomic E-state index is -0.681. The van der Waals surface area contributed by atoms with Gasteiger partial charge in [-0.1, -0.05) is 5.92 Å². The molecule has 2 aromatic carbocycles. The van der Waals surface area contributed by atoms with Crippen LogP contribution in [0.4, 0.5) is 21.9 Å². The second-order valence-electron chi connectivity index (χ2n) is 8.67. The van der Waals surface area contributed by atoms with E-state index in [4.69, 9.17) is 11.2 Å². The van der Waals surface area contributed by atoms with Crippen molar-refractivity contribution in [3.8, 4) is 12.3 Å². The van der Waals surface area contributed by atoms with E-state index >= 15 is 0 Å². The lowest BCUT2D eigenvalue weighted by Gasteiger charge is -2.27. The molecule has 4 amide bonds. The molecule has 4 rings (SSSR count). The highest BCUT2D eigenvalue weighted by Crippen LogP contribution is 2.26. The number of hydrogen-bond acceptors (Lipinski definition) is 4. The Labute approximate surface area is 205 Å². The number of carbonyl (C=O) groups excluding carboxylic acids is 3. The first kappa shape index (κ1) is 24.3. The Morgan fingerprint density at radius 2 is 1.74 bits per heavy atom. The zero-order valence-corrected chi connectivity index (χ0v) is 19.8. The predicted octanol–water partition coefficient (Wildman–Crippen LogP) is 3.83. The van der Waals surface area contributed by atoms with Crippen LogP contribution in [0.25, 0.3) is 0 Å². The number of ether oxygens (including phenoxy) is 1. The normalized spacial score (nSPS) is 19.8. The van der Waals surface area contributed by atoms with E-state index in [9.17, 15) is 14.4 Å². The minimum absolute atomic E-state index is 0.122. The van der Waals surface area contributed by atoms with Crippen molar-refractivity contribution in [2.75, 3.05) is 35.2 Å². The number of nitrogens with one attached hydrogen (secondary N) is 2. The van der Waals surface area contributed by atoms with E-state index in [2.05, 4.69) is 16.6 Å². The molecule has 0 aromatic heterocycles. The van der Waals surface area contributed by atoms with Gasteiger partial charge < -0.3 is 25.2 Å². The summed E-state index contributed by atoms with van der Waals surface area (Å²) in [4.78, 5) is 41.7. The lowest BCUT2D eigenvalue weighted by atomic mass is 10.1. The molecule has 8 nitrogen and oxygen atoms in total. The smallest absolute Gasteiger partial charge is 0.322 e. The SMILES string of the molecule is C#Cc1ccc(NC(=O)N2CC(OCC)CC2C(=O)Nc2ccc(N3CCCCC3=O)cc2)cc1. The van der Waals surface area contributed by atoms with Crippen molar-refractivity contribution in [2.24, 2.45) is 0 Å². The van der Waals surface area contributed by atoms with Crippen molar-refractivity contribution in [1.82, 2.24) is 4.90 Å². The van der Waals surface area contributed by atoms with Crippen LogP contribution in [0, 0.1) is 12.3 Å². The Kier molecular flexibility index (Phi) is 7.68. The number of amides is 4. The molecule has 2 saturated heterocycles. The quantitative estimate of drug-likeness (QED) is 0.623. The van der Waals surface area contributed by atoms with Gasteiger partial charge in [-0.3, -0.25) is 9.59 Å². The van der Waals surface area contributed by atoms with Gasteiger partial charge in [0.2, 0.25) is 11.8 Å². The number of likely N-dealkylation sites (tertiary alicyclic amines) is 1. The fraction of sp³-hybridized carbons (Fsp3) is 0.370. The van der Waals surface area contributed by atoms with E-state index in [1.807, 2.05) is 19.1 Å². The summed E-state index contributed by atoms with van der Waals surface area (Å²) in [5, 5.41) is 5.75. The second-order valence-corrected chi connectivity index (χ2v) is 8.67. The highest BCUT2D eigenvalue weighted by atomic mass is 16.5. The van der Waals surface area contributed by atoms with Gasteiger partial charge >= 0.3 is 6.03 Å². The van der Waals surface area contributed by atoms with Gasteiger partial charge in [-0.2, -0.15) is 0 Å². The number of piperidine rings is 1. The molecule has 0 aliphatic carbocycles. The van der Waals surface area contributed by atoms with Crippen molar-refractivity contribution in [3.05, 3.63) is 54.1 Å². The first-order valence-corrected chi connectivity index (χ1v) is 12.0. The molecular formula is C27H30N4O4. The summed E-state index contributed by atoms with van der Waals surface area (Å²) in [6.45, 7) is 3.41. The molecule has 0 radical (unpaired) electrons. The maximum Gasteiger partial charge on any atom is 0.322 e. The summed E-state index contributed by atoms with van der Waals surface area (Å²) in [5.74, 6) is 2.38. The van der Waals surface area contributed by atoms with Gasteiger partial charge in [0.1, 0.15) is 6.04 Å². The van der Waals surface area contributed by atoms with Gasteiger partial charge in [-0.15, -0.1) is 6.42 Å². The van der Waals surface area contributed by atoms with Gasteiger partial charge in [0.25, 0.3) is 0 Å². The van der Waals surface area contributed by atoms with E-state index in [1.165, 1.54) is 4.90 Å². The minimum Gasteiger partial charge on any atom is -0.377 e. The third-order valence-electron chi connectivity index (χ3n) is 6.30. The molecule has 35 heavy (non-hydrogen) atoms. The zero-order valence-electron chi connectivity index (χ0n) is 19.8. The molecule has 8 heteroatoms. The molecule has 2 heterocycles. The molecule has 2 aromatic rings. The number of rotatable bonds is 6. The number of hydrogen-bond donors (Lipinski definition) is 2. The topological polar surface area (TPSA) is 91.0 Å². The molecule has 2 aliphatic heterocycles. The van der Waals surface area contributed by atoms with E-state index in [0.717, 1.165) is 18.5 Å². The van der Waals surface area contributed by atoms with Crippen LogP contribution < -0.4 is 15.5 Å². The number of anilines is 3. The lowest BCUT2D eigenvalue weighted by molar-refractivity contribution is -0.120. The molecule has 0 bridgehead atoms. The number of benzene rings is 2. The van der Waals surface area contributed by atoms with Crippen LogP contribution in [0.5, 0.6) is 0 Å². The molecule has 2 unspecified atom stereocenters. The summed E-state index contributed by atoms with van der Waals surface area (Å²) in [5.41, 5.74) is 2.74. The van der Waals surface area contributed by atoms with Gasteiger partial charge in [0.05, 0.1) is 6.10 Å². The molecule has 182 valence electrons. The van der Waals surface area contributed by atoms with Crippen molar-refractivity contribution in [3.63, 3.8) is 0 Å². The maximum atomic E-state index is 13.2. The Morgan fingerprint density at radius 3 is 2.40 bits per heavy atom. The Morgan fingerprint density at radius 1 is 1.06 bits per heavy atom. The third kappa shape index (κ3) is 5.81. The van der Waals surface area contributed by atoms with Crippen molar-refractivity contribution < 1.29 is 19.1 Å². The third-order valence-corrected chi connectivity index (χ3v) is 6.30. The van der Waals surface area contributed by atoms with Crippen LogP contribution in [-0.4, -0.2) is 54.6 Å². The van der Waals surface area contributed by atoms with Gasteiger partial charge in [-0.05, 0) is 68.3 Å². The van der Waals surface area contributed by atoms with E-state index in [-0.39, 0.29) is 23.9 Å². The van der Waals surface area contributed by atoms with Crippen molar-refractivity contribution >= 4 is 34.9 Å². The average Bonchev–Trinajstić information content (AvgIpc) is 3.30. The van der Waals surface area contributed by atoms with Crippen LogP contribution in [0.2, 0.25) is 0 Å². The fourth-order valence-corrected chi connectivity index (χ4v) is 4.50. The van der Waals surface area contributed by atoms with Gasteiger partial charge in [0, 0.05) is 55.2 Å². The van der Waals surface area contributed by atoms with Crippen LogP contribution in [0.3, 0.4) is 0 Å². The largest absolute Gasteiger partial charge is 0.377 e. The second kappa shape index (κ2) is 11.1. The molecule has 2 fully saturated rings. The zero-order chi connectivity index (χ0) is 24.8. The summed E-state index contributed by atoms with van der Waals surface area (Å²) in [7, 11) is 0. The number of terminal acetylenes is 1. The Bertz CT molecular complexity index is 1110. The summed E-state index contributed by atoms with van der Waals surface area (Å²) in [6, 6.07) is 13.1. The number of urea groups is 1. The molecule has 0 saturated carbocycles. The monoisotopic (exact) mass is 474 g/mol. The number of carbonyl (C=O) groups is 3. The summed E-state index contributed by atoms with van der Waals surface area (Å²) < 4.78 is 5.73. The highest BCUT2D eigenvalue weighted by Gasteiger charge is 2.40. The van der Waals surface area contributed by atoms with E-state index in [0.29, 0.717) is 49.5 Å². The summed E-state index contributed by atoms with van der Waals surface area (Å²) in [6.07, 6.45) is 8.04. The molecule has 2 aliphatic rings. The first-order chi connectivity index (χ1) is 17.0. The average molecular weight is 475 g/mol. The molecule has 0 spiro atoms. The van der Waals surface area contributed by atoms with Gasteiger partial charge in [-0.25, -0.2) is 4.79 Å². The maximum absolute atomic E-state index is 13.2. The lowest BCUT2D eigenvalue weighted by Crippen LogP contribution is -2.45. The molecular weight excluding hydrogens is 444 g/mol. The van der Waals surface area contributed by atoms with E-state index in [1.54, 1.807) is 41.3 Å². The first-order valence-electron chi connectivity index (χ1n) is 12.0. The standard InChI is InChI=1S/C27H30N4O4/c1-3-19-8-10-21(11-9-19)29-27(34)31-18-23(35-4-2)17-24(31)26(33)28-20-12-14-22(15-13-20)30-16-6-5-7-25(30)32/h1,8-15,23-24H,4-7,16-18H2,2H3,(H,28,33)(H,29,34). The van der Waals surface area contributed by atoms with Crippen LogP contribution in [0.1, 0.15) is 38.2 Å². The Balaban J connectivity index is 1.43. The van der Waals surface area contributed by atoms with Crippen LogP contribution >= 0.6 is 0 Å². The van der Waals surface area contributed by atoms with Crippen molar-refractivity contribution in [2.45, 2.75) is 44.8 Å². The fourth-order valence-electron chi connectivity index (χ4n) is 4.50. The molecule has 2 atom stereocenters. The van der Waals surface area contributed by atoms with Crippen molar-refractivity contribution in [1.29, 1.82) is 0 Å². The highest BCUT2D eigenvalue weighted by molar-refractivity contribution is 6.00. The molecule has 2 N–H and O–H groups in total. The summed E-state index contributed by atoms with van der Waals surface area (Å²) >= 11 is 0. The van der Waals surface area contributed by atoms with Gasteiger partial charge in [0.15, 0.2) is 0 Å². The predicted molar refractivity (Wildman–Crippen MR) is 135 cm³/mol. The van der Waals surface area contributed by atoms with Crippen LogP contribution in [-0.2, 0) is 14.3 Å².